The SMILES string of the molecule is CC(C1=Cc2ccccc2C1Cl)C1=Cc2ccccc2C1Cl.[Zr]. The Kier molecular flexibility index (Phi) is 5.02. The summed E-state index contributed by atoms with van der Waals surface area (Å²) in [5.41, 5.74) is 7.35. The Morgan fingerprint density at radius 3 is 1.52 bits per heavy atom. The van der Waals surface area contributed by atoms with Gasteiger partial charge in [0.1, 0.15) is 0 Å². The third-order valence-electron chi connectivity index (χ3n) is 4.77. The van der Waals surface area contributed by atoms with Crippen LogP contribution in [-0.2, 0) is 26.2 Å². The summed E-state index contributed by atoms with van der Waals surface area (Å²) in [6.07, 6.45) is 4.45. The maximum Gasteiger partial charge on any atom is 0.0810 e. The van der Waals surface area contributed by atoms with Crippen LogP contribution in [0.15, 0.2) is 59.7 Å². The monoisotopic (exact) mass is 416 g/mol. The fraction of sp³-hybridized carbons (Fsp3) is 0.200. The minimum absolute atomic E-state index is 0. The Morgan fingerprint density at radius 1 is 0.739 bits per heavy atom. The molecule has 0 saturated heterocycles. The van der Waals surface area contributed by atoms with E-state index in [2.05, 4.69) is 55.5 Å². The van der Waals surface area contributed by atoms with Gasteiger partial charge in [0.05, 0.1) is 10.8 Å². The minimum Gasteiger partial charge on any atom is -0.113 e. The van der Waals surface area contributed by atoms with Crippen molar-refractivity contribution in [2.24, 2.45) is 5.92 Å². The van der Waals surface area contributed by atoms with E-state index in [4.69, 9.17) is 23.2 Å². The summed E-state index contributed by atoms with van der Waals surface area (Å²) in [6, 6.07) is 16.7. The molecule has 0 amide bonds. The summed E-state index contributed by atoms with van der Waals surface area (Å²) in [5, 5.41) is -0.112. The van der Waals surface area contributed by atoms with E-state index in [1.165, 1.54) is 33.4 Å². The predicted molar refractivity (Wildman–Crippen MR) is 95.2 cm³/mol. The summed E-state index contributed by atoms with van der Waals surface area (Å²) in [7, 11) is 0. The molecule has 2 aliphatic rings. The second kappa shape index (κ2) is 6.71. The third-order valence-corrected chi connectivity index (χ3v) is 5.74. The summed E-state index contributed by atoms with van der Waals surface area (Å²) < 4.78 is 0. The van der Waals surface area contributed by atoms with Gasteiger partial charge in [0.15, 0.2) is 0 Å². The molecule has 23 heavy (non-hydrogen) atoms. The van der Waals surface area contributed by atoms with Crippen molar-refractivity contribution in [3.63, 3.8) is 0 Å². The maximum absolute atomic E-state index is 6.70. The number of alkyl halides is 2. The van der Waals surface area contributed by atoms with Gasteiger partial charge in [-0.25, -0.2) is 0 Å². The van der Waals surface area contributed by atoms with Crippen LogP contribution in [0.1, 0.15) is 39.9 Å². The van der Waals surface area contributed by atoms with E-state index in [1.54, 1.807) is 0 Å². The molecule has 2 atom stereocenters. The van der Waals surface area contributed by atoms with Gasteiger partial charge in [-0.1, -0.05) is 67.6 Å². The number of fused-ring (bicyclic) bond motifs is 2. The molecule has 2 aromatic carbocycles. The van der Waals surface area contributed by atoms with Crippen LogP contribution in [0.4, 0.5) is 0 Å². The topological polar surface area (TPSA) is 0 Å². The van der Waals surface area contributed by atoms with Crippen LogP contribution in [0.3, 0.4) is 0 Å². The molecule has 0 spiro atoms. The van der Waals surface area contributed by atoms with Crippen LogP contribution >= 0.6 is 23.2 Å². The summed E-state index contributed by atoms with van der Waals surface area (Å²) in [5.74, 6) is 0.241. The Morgan fingerprint density at radius 2 is 1.13 bits per heavy atom. The predicted octanol–water partition coefficient (Wildman–Crippen LogP) is 6.37. The Balaban J connectivity index is 0.00000156. The first kappa shape index (κ1) is 17.2. The second-order valence-electron chi connectivity index (χ2n) is 5.99. The zero-order chi connectivity index (χ0) is 15.3. The summed E-state index contributed by atoms with van der Waals surface area (Å²) in [6.45, 7) is 2.21. The first-order chi connectivity index (χ1) is 10.7. The first-order valence-corrected chi connectivity index (χ1v) is 8.43. The molecular formula is C20H16Cl2Zr. The molecule has 2 aliphatic carbocycles. The fourth-order valence-corrected chi connectivity index (χ4v) is 4.39. The van der Waals surface area contributed by atoms with Crippen molar-refractivity contribution in [2.45, 2.75) is 17.7 Å². The molecule has 2 unspecified atom stereocenters. The zero-order valence-corrected chi connectivity index (χ0v) is 16.7. The van der Waals surface area contributed by atoms with E-state index in [0.29, 0.717) is 0 Å². The fourth-order valence-electron chi connectivity index (χ4n) is 3.49. The van der Waals surface area contributed by atoms with Crippen molar-refractivity contribution in [2.75, 3.05) is 0 Å². The van der Waals surface area contributed by atoms with Crippen LogP contribution in [0.2, 0.25) is 0 Å². The van der Waals surface area contributed by atoms with Crippen LogP contribution < -0.4 is 0 Å². The molecule has 0 radical (unpaired) electrons. The summed E-state index contributed by atoms with van der Waals surface area (Å²) in [4.78, 5) is 0. The number of benzene rings is 2. The number of rotatable bonds is 2. The van der Waals surface area contributed by atoms with Crippen LogP contribution in [-0.4, -0.2) is 0 Å². The van der Waals surface area contributed by atoms with E-state index < -0.39 is 0 Å². The van der Waals surface area contributed by atoms with Crippen molar-refractivity contribution in [1.29, 1.82) is 0 Å². The molecule has 0 aromatic heterocycles. The van der Waals surface area contributed by atoms with Crippen molar-refractivity contribution < 1.29 is 26.2 Å². The van der Waals surface area contributed by atoms with Gasteiger partial charge in [-0.3, -0.25) is 0 Å². The first-order valence-electron chi connectivity index (χ1n) is 7.56. The number of hydrogen-bond donors (Lipinski definition) is 0. The molecule has 0 aliphatic heterocycles. The molecule has 0 fully saturated rings. The molecule has 0 N–H and O–H groups in total. The van der Waals surface area contributed by atoms with E-state index in [1.807, 2.05) is 12.1 Å². The van der Waals surface area contributed by atoms with Gasteiger partial charge in [-0.05, 0) is 33.4 Å². The molecule has 0 nitrogen and oxygen atoms in total. The molecule has 0 bridgehead atoms. The Hall–Kier alpha value is -0.617. The molecule has 114 valence electrons. The van der Waals surface area contributed by atoms with Crippen LogP contribution in [0, 0.1) is 5.92 Å². The van der Waals surface area contributed by atoms with Crippen molar-refractivity contribution >= 4 is 35.4 Å². The average molecular weight is 418 g/mol. The van der Waals surface area contributed by atoms with E-state index in [-0.39, 0.29) is 42.9 Å². The van der Waals surface area contributed by atoms with Gasteiger partial charge in [0.25, 0.3) is 0 Å². The Bertz CT molecular complexity index is 739. The quantitative estimate of drug-likeness (QED) is 0.497. The number of allylic oxidation sites excluding steroid dienone is 2. The number of hydrogen-bond acceptors (Lipinski definition) is 0. The van der Waals surface area contributed by atoms with Crippen molar-refractivity contribution in [3.05, 3.63) is 81.9 Å². The maximum atomic E-state index is 6.70. The molecule has 4 rings (SSSR count). The molecule has 0 heterocycles. The van der Waals surface area contributed by atoms with Gasteiger partial charge in [-0.2, -0.15) is 0 Å². The third kappa shape index (κ3) is 2.82. The minimum atomic E-state index is -0.0559. The van der Waals surface area contributed by atoms with Crippen molar-refractivity contribution in [3.8, 4) is 0 Å². The zero-order valence-electron chi connectivity index (χ0n) is 12.8. The van der Waals surface area contributed by atoms with E-state index in [9.17, 15) is 0 Å². The van der Waals surface area contributed by atoms with Gasteiger partial charge >= 0.3 is 0 Å². The van der Waals surface area contributed by atoms with Crippen molar-refractivity contribution in [1.82, 2.24) is 0 Å². The average Bonchev–Trinajstić information content (AvgIpc) is 3.06. The van der Waals surface area contributed by atoms with Crippen LogP contribution in [0.5, 0.6) is 0 Å². The summed E-state index contributed by atoms with van der Waals surface area (Å²) >= 11 is 13.4. The molecule has 0 saturated carbocycles. The van der Waals surface area contributed by atoms with E-state index in [0.717, 1.165) is 0 Å². The standard InChI is InChI=1S/C20H16Cl2.Zr/c1-12(17-10-13-6-2-4-8-15(13)19(17)21)18-11-14-7-3-5-9-16(14)20(18)22;/h2-12,19-20H,1H3;. The largest absolute Gasteiger partial charge is 0.113 e. The van der Waals surface area contributed by atoms with E-state index >= 15 is 0 Å². The molecular weight excluding hydrogens is 402 g/mol. The van der Waals surface area contributed by atoms with Crippen LogP contribution in [0.25, 0.3) is 12.2 Å². The van der Waals surface area contributed by atoms with Gasteiger partial charge in [0.2, 0.25) is 0 Å². The normalized spacial score (nSPS) is 22.6. The second-order valence-corrected chi connectivity index (χ2v) is 6.87. The van der Waals surface area contributed by atoms with Gasteiger partial charge in [-0.15, -0.1) is 23.2 Å². The molecule has 3 heteroatoms. The molecule has 2 aromatic rings. The Labute approximate surface area is 166 Å². The van der Waals surface area contributed by atoms with Gasteiger partial charge < -0.3 is 0 Å². The van der Waals surface area contributed by atoms with Gasteiger partial charge in [0, 0.05) is 32.1 Å². The smallest absolute Gasteiger partial charge is 0.0810 e. The number of halogens is 2.